The van der Waals surface area contributed by atoms with Crippen molar-refractivity contribution in [3.63, 3.8) is 0 Å². The second-order valence-electron chi connectivity index (χ2n) is 7.55. The molecule has 1 fully saturated rings. The minimum atomic E-state index is -0.110. The molecule has 8 heteroatoms. The quantitative estimate of drug-likeness (QED) is 0.697. The van der Waals surface area contributed by atoms with Gasteiger partial charge >= 0.3 is 0 Å². The molecule has 0 spiro atoms. The summed E-state index contributed by atoms with van der Waals surface area (Å²) in [6.45, 7) is 8.91. The summed E-state index contributed by atoms with van der Waals surface area (Å²) in [6.07, 6.45) is 0.181. The third kappa shape index (κ3) is 6.55. The number of nitrogens with one attached hydrogen (secondary N) is 2. The van der Waals surface area contributed by atoms with E-state index in [9.17, 15) is 9.59 Å². The molecule has 2 amide bonds. The molecule has 1 aliphatic rings. The molecule has 1 aliphatic heterocycles. The van der Waals surface area contributed by atoms with Crippen molar-refractivity contribution in [2.75, 3.05) is 35.2 Å². The summed E-state index contributed by atoms with van der Waals surface area (Å²) >= 11 is 3.35. The van der Waals surface area contributed by atoms with E-state index in [0.29, 0.717) is 10.8 Å². The Labute approximate surface area is 180 Å². The molecule has 6 nitrogen and oxygen atoms in total. The van der Waals surface area contributed by atoms with Crippen LogP contribution >= 0.6 is 23.1 Å². The Balaban J connectivity index is 1.53. The highest BCUT2D eigenvalue weighted by Gasteiger charge is 2.14. The molecule has 2 N–H and O–H groups in total. The second-order valence-corrected chi connectivity index (χ2v) is 9.63. The lowest BCUT2D eigenvalue weighted by molar-refractivity contribution is -0.119. The van der Waals surface area contributed by atoms with Gasteiger partial charge < -0.3 is 10.6 Å². The molecule has 0 atom stereocenters. The zero-order valence-electron chi connectivity index (χ0n) is 17.2. The first-order valence-electron chi connectivity index (χ1n) is 9.85. The number of aryl methyl sites for hydroxylation is 1. The first-order chi connectivity index (χ1) is 13.9. The van der Waals surface area contributed by atoms with E-state index in [0.717, 1.165) is 30.9 Å². The molecule has 29 heavy (non-hydrogen) atoms. The fraction of sp³-hybridized carbons (Fsp3) is 0.476. The van der Waals surface area contributed by atoms with E-state index in [-0.39, 0.29) is 24.2 Å². The summed E-state index contributed by atoms with van der Waals surface area (Å²) in [5, 5.41) is 8.08. The maximum absolute atomic E-state index is 12.4. The van der Waals surface area contributed by atoms with Crippen molar-refractivity contribution in [3.8, 4) is 0 Å². The average molecular weight is 433 g/mol. The van der Waals surface area contributed by atoms with Crippen LogP contribution in [-0.4, -0.2) is 46.3 Å². The van der Waals surface area contributed by atoms with Gasteiger partial charge in [-0.15, -0.1) is 11.3 Å². The van der Waals surface area contributed by atoms with Crippen LogP contribution in [0.4, 0.5) is 10.8 Å². The van der Waals surface area contributed by atoms with Crippen LogP contribution in [0.3, 0.4) is 0 Å². The van der Waals surface area contributed by atoms with Gasteiger partial charge in [0.1, 0.15) is 0 Å². The van der Waals surface area contributed by atoms with Gasteiger partial charge in [0.25, 0.3) is 0 Å². The predicted octanol–water partition coefficient (Wildman–Crippen LogP) is 3.78. The van der Waals surface area contributed by atoms with Gasteiger partial charge in [-0.05, 0) is 24.1 Å². The molecule has 0 radical (unpaired) electrons. The van der Waals surface area contributed by atoms with E-state index in [4.69, 9.17) is 0 Å². The Bertz CT molecular complexity index is 860. The molecule has 1 saturated heterocycles. The van der Waals surface area contributed by atoms with Gasteiger partial charge in [-0.2, -0.15) is 11.8 Å². The van der Waals surface area contributed by atoms with E-state index < -0.39 is 0 Å². The number of carbonyl (C=O) groups excluding carboxylic acids is 2. The molecule has 1 aromatic heterocycles. The Morgan fingerprint density at radius 1 is 1.21 bits per heavy atom. The number of amides is 2. The van der Waals surface area contributed by atoms with Crippen LogP contribution in [0.1, 0.15) is 30.7 Å². The molecule has 2 aromatic rings. The Kier molecular flexibility index (Phi) is 7.69. The number of rotatable bonds is 7. The zero-order valence-corrected chi connectivity index (χ0v) is 18.8. The van der Waals surface area contributed by atoms with Crippen LogP contribution < -0.4 is 10.6 Å². The van der Waals surface area contributed by atoms with Gasteiger partial charge in [-0.1, -0.05) is 26.0 Å². The van der Waals surface area contributed by atoms with Gasteiger partial charge in [0.2, 0.25) is 11.8 Å². The van der Waals surface area contributed by atoms with Crippen molar-refractivity contribution in [2.24, 2.45) is 5.92 Å². The van der Waals surface area contributed by atoms with Crippen LogP contribution in [0.2, 0.25) is 0 Å². The molecule has 1 aromatic carbocycles. The van der Waals surface area contributed by atoms with E-state index in [1.807, 2.05) is 44.0 Å². The summed E-state index contributed by atoms with van der Waals surface area (Å²) < 4.78 is 0. The third-order valence-electron chi connectivity index (χ3n) is 4.72. The monoisotopic (exact) mass is 432 g/mol. The number of nitrogens with zero attached hydrogens (tertiary/aromatic N) is 2. The van der Waals surface area contributed by atoms with E-state index >= 15 is 0 Å². The van der Waals surface area contributed by atoms with Crippen LogP contribution in [-0.2, 0) is 22.6 Å². The molecule has 3 rings (SSSR count). The highest BCUT2D eigenvalue weighted by molar-refractivity contribution is 7.99. The molecule has 0 bridgehead atoms. The average Bonchev–Trinajstić information content (AvgIpc) is 3.11. The first kappa shape index (κ1) is 21.8. The Hall–Kier alpha value is -1.90. The number of carbonyl (C=O) groups is 2. The first-order valence-corrected chi connectivity index (χ1v) is 11.9. The molecule has 2 heterocycles. The van der Waals surface area contributed by atoms with Gasteiger partial charge in [-0.25, -0.2) is 4.98 Å². The number of aromatic nitrogens is 1. The van der Waals surface area contributed by atoms with Crippen molar-refractivity contribution >= 4 is 45.7 Å². The minimum absolute atomic E-state index is 0.0747. The predicted molar refractivity (Wildman–Crippen MR) is 122 cm³/mol. The molecule has 156 valence electrons. The SMILES string of the molecule is Cc1cc(CN2CCSCC2)ccc1NC(=O)Cc1csc(NC(=O)C(C)C)n1. The van der Waals surface area contributed by atoms with E-state index in [1.54, 1.807) is 0 Å². The summed E-state index contributed by atoms with van der Waals surface area (Å²) in [6, 6.07) is 6.23. The summed E-state index contributed by atoms with van der Waals surface area (Å²) in [4.78, 5) is 31.0. The topological polar surface area (TPSA) is 74.3 Å². The Morgan fingerprint density at radius 2 is 1.97 bits per heavy atom. The molecule has 0 unspecified atom stereocenters. The van der Waals surface area contributed by atoms with Crippen LogP contribution in [0, 0.1) is 12.8 Å². The van der Waals surface area contributed by atoms with Crippen molar-refractivity contribution in [3.05, 3.63) is 40.4 Å². The second kappa shape index (κ2) is 10.2. The largest absolute Gasteiger partial charge is 0.326 e. The lowest BCUT2D eigenvalue weighted by atomic mass is 10.1. The number of anilines is 2. The molecular weight excluding hydrogens is 404 g/mol. The lowest BCUT2D eigenvalue weighted by Crippen LogP contribution is -2.31. The van der Waals surface area contributed by atoms with Crippen LogP contribution in [0.5, 0.6) is 0 Å². The molecule has 0 saturated carbocycles. The van der Waals surface area contributed by atoms with Crippen molar-refractivity contribution in [1.29, 1.82) is 0 Å². The molecular formula is C21H28N4O2S2. The normalized spacial score (nSPS) is 14.8. The number of benzene rings is 1. The standard InChI is InChI=1S/C21H28N4O2S2/c1-14(2)20(27)24-21-22-17(13-29-21)11-19(26)23-18-5-4-16(10-15(18)3)12-25-6-8-28-9-7-25/h4-5,10,13-14H,6-9,11-12H2,1-3H3,(H,23,26)(H,22,24,27). The summed E-state index contributed by atoms with van der Waals surface area (Å²) in [7, 11) is 0. The smallest absolute Gasteiger partial charge is 0.230 e. The number of hydrogen-bond acceptors (Lipinski definition) is 6. The minimum Gasteiger partial charge on any atom is -0.326 e. The fourth-order valence-corrected chi connectivity index (χ4v) is 4.73. The van der Waals surface area contributed by atoms with Crippen LogP contribution in [0.25, 0.3) is 0 Å². The summed E-state index contributed by atoms with van der Waals surface area (Å²) in [5.41, 5.74) is 3.82. The lowest BCUT2D eigenvalue weighted by Gasteiger charge is -2.26. The highest BCUT2D eigenvalue weighted by Crippen LogP contribution is 2.21. The Morgan fingerprint density at radius 3 is 2.66 bits per heavy atom. The fourth-order valence-electron chi connectivity index (χ4n) is 3.04. The highest BCUT2D eigenvalue weighted by atomic mass is 32.2. The van der Waals surface area contributed by atoms with Gasteiger partial charge in [0.05, 0.1) is 12.1 Å². The van der Waals surface area contributed by atoms with Gasteiger partial charge in [0, 0.05) is 48.1 Å². The number of thioether (sulfide) groups is 1. The molecule has 0 aliphatic carbocycles. The number of hydrogen-bond donors (Lipinski definition) is 2. The van der Waals surface area contributed by atoms with Crippen molar-refractivity contribution in [1.82, 2.24) is 9.88 Å². The van der Waals surface area contributed by atoms with E-state index in [1.165, 1.54) is 28.4 Å². The van der Waals surface area contributed by atoms with Gasteiger partial charge in [0.15, 0.2) is 5.13 Å². The maximum atomic E-state index is 12.4. The third-order valence-corrected chi connectivity index (χ3v) is 6.47. The van der Waals surface area contributed by atoms with Gasteiger partial charge in [-0.3, -0.25) is 14.5 Å². The maximum Gasteiger partial charge on any atom is 0.230 e. The van der Waals surface area contributed by atoms with Crippen LogP contribution in [0.15, 0.2) is 23.6 Å². The van der Waals surface area contributed by atoms with Crippen molar-refractivity contribution in [2.45, 2.75) is 33.7 Å². The number of thiazole rings is 1. The zero-order chi connectivity index (χ0) is 20.8. The summed E-state index contributed by atoms with van der Waals surface area (Å²) in [5.74, 6) is 2.11. The van der Waals surface area contributed by atoms with Crippen molar-refractivity contribution < 1.29 is 9.59 Å². The van der Waals surface area contributed by atoms with E-state index in [2.05, 4.69) is 32.7 Å².